The Morgan fingerprint density at radius 3 is 2.63 bits per heavy atom. The molecule has 1 unspecified atom stereocenters. The van der Waals surface area contributed by atoms with Crippen molar-refractivity contribution in [1.82, 2.24) is 9.97 Å². The molecule has 0 radical (unpaired) electrons. The van der Waals surface area contributed by atoms with E-state index in [0.29, 0.717) is 12.0 Å². The maximum Gasteiger partial charge on any atom is 0.139 e. The Bertz CT molecular complexity index is 565. The summed E-state index contributed by atoms with van der Waals surface area (Å²) >= 11 is 0. The van der Waals surface area contributed by atoms with Crippen LogP contribution in [0.3, 0.4) is 0 Å². The molecule has 0 fully saturated rings. The number of benzene rings is 1. The lowest BCUT2D eigenvalue weighted by atomic mass is 10.0. The van der Waals surface area contributed by atoms with Crippen LogP contribution in [-0.4, -0.2) is 23.1 Å². The molecule has 1 heterocycles. The average molecular weight is 258 g/mol. The molecule has 4 heteroatoms. The Hall–Kier alpha value is -1.84. The summed E-state index contributed by atoms with van der Waals surface area (Å²) in [5, 5.41) is 1.05. The lowest BCUT2D eigenvalue weighted by Gasteiger charge is -2.28. The van der Waals surface area contributed by atoms with Crippen LogP contribution >= 0.6 is 0 Å². The minimum Gasteiger partial charge on any atom is -0.399 e. The quantitative estimate of drug-likeness (QED) is 0.856. The van der Waals surface area contributed by atoms with Gasteiger partial charge in [0.05, 0.1) is 5.52 Å². The van der Waals surface area contributed by atoms with Crippen LogP contribution < -0.4 is 10.6 Å². The minimum absolute atomic E-state index is 0.440. The summed E-state index contributed by atoms with van der Waals surface area (Å²) in [4.78, 5) is 10.9. The SMILES string of the molecule is CC(C)CC(C)N(C)c1ncnc2cc(N)ccc12. The molecule has 1 atom stereocenters. The lowest BCUT2D eigenvalue weighted by molar-refractivity contribution is 0.502. The number of nitrogens with zero attached hydrogens (tertiary/aromatic N) is 3. The van der Waals surface area contributed by atoms with Crippen molar-refractivity contribution in [2.75, 3.05) is 17.7 Å². The first kappa shape index (κ1) is 13.6. The van der Waals surface area contributed by atoms with Crippen LogP contribution in [0.1, 0.15) is 27.2 Å². The highest BCUT2D eigenvalue weighted by Crippen LogP contribution is 2.26. The molecule has 4 nitrogen and oxygen atoms in total. The van der Waals surface area contributed by atoms with Crippen LogP contribution in [0.15, 0.2) is 24.5 Å². The Labute approximate surface area is 114 Å². The first-order valence-electron chi connectivity index (χ1n) is 6.72. The Kier molecular flexibility index (Phi) is 3.88. The Morgan fingerprint density at radius 2 is 1.95 bits per heavy atom. The summed E-state index contributed by atoms with van der Waals surface area (Å²) in [7, 11) is 2.09. The van der Waals surface area contributed by atoms with E-state index in [0.717, 1.165) is 28.8 Å². The molecule has 102 valence electrons. The summed E-state index contributed by atoms with van der Waals surface area (Å²) in [6, 6.07) is 6.23. The van der Waals surface area contributed by atoms with Crippen molar-refractivity contribution in [2.45, 2.75) is 33.2 Å². The number of nitrogen functional groups attached to an aromatic ring is 1. The van der Waals surface area contributed by atoms with Gasteiger partial charge in [0.15, 0.2) is 0 Å². The number of hydrogen-bond acceptors (Lipinski definition) is 4. The van der Waals surface area contributed by atoms with E-state index in [4.69, 9.17) is 5.73 Å². The van der Waals surface area contributed by atoms with Crippen LogP contribution in [0.4, 0.5) is 11.5 Å². The van der Waals surface area contributed by atoms with Crippen LogP contribution in [0.2, 0.25) is 0 Å². The highest BCUT2D eigenvalue weighted by Gasteiger charge is 2.15. The minimum atomic E-state index is 0.440. The highest BCUT2D eigenvalue weighted by molar-refractivity contribution is 5.91. The third-order valence-corrected chi connectivity index (χ3v) is 3.45. The van der Waals surface area contributed by atoms with Gasteiger partial charge in [0.1, 0.15) is 12.1 Å². The van der Waals surface area contributed by atoms with Gasteiger partial charge < -0.3 is 10.6 Å². The molecule has 19 heavy (non-hydrogen) atoms. The van der Waals surface area contributed by atoms with E-state index in [1.807, 2.05) is 18.2 Å². The zero-order chi connectivity index (χ0) is 14.0. The van der Waals surface area contributed by atoms with Crippen molar-refractivity contribution < 1.29 is 0 Å². The average Bonchev–Trinajstić information content (AvgIpc) is 2.36. The summed E-state index contributed by atoms with van der Waals surface area (Å²) < 4.78 is 0. The van der Waals surface area contributed by atoms with Gasteiger partial charge in [-0.15, -0.1) is 0 Å². The van der Waals surface area contributed by atoms with Crippen molar-refractivity contribution in [3.8, 4) is 0 Å². The van der Waals surface area contributed by atoms with Crippen LogP contribution in [-0.2, 0) is 0 Å². The van der Waals surface area contributed by atoms with Gasteiger partial charge in [-0.3, -0.25) is 0 Å². The van der Waals surface area contributed by atoms with Crippen LogP contribution in [0, 0.1) is 5.92 Å². The van der Waals surface area contributed by atoms with Gasteiger partial charge in [0, 0.05) is 24.2 Å². The van der Waals surface area contributed by atoms with Crippen molar-refractivity contribution in [3.05, 3.63) is 24.5 Å². The highest BCUT2D eigenvalue weighted by atomic mass is 15.2. The van der Waals surface area contributed by atoms with Crippen molar-refractivity contribution >= 4 is 22.4 Å². The normalized spacial score (nSPS) is 12.9. The van der Waals surface area contributed by atoms with E-state index in [-0.39, 0.29) is 0 Å². The standard InChI is InChI=1S/C15H22N4/c1-10(2)7-11(3)19(4)15-13-6-5-12(16)8-14(13)17-9-18-15/h5-6,8-11H,7,16H2,1-4H3. The van der Waals surface area contributed by atoms with E-state index < -0.39 is 0 Å². The zero-order valence-corrected chi connectivity index (χ0v) is 12.1. The number of fused-ring (bicyclic) bond motifs is 1. The fourth-order valence-corrected chi connectivity index (χ4v) is 2.39. The van der Waals surface area contributed by atoms with E-state index >= 15 is 0 Å². The molecule has 2 aromatic rings. The molecule has 0 aliphatic rings. The van der Waals surface area contributed by atoms with Crippen LogP contribution in [0.25, 0.3) is 10.9 Å². The van der Waals surface area contributed by atoms with Crippen molar-refractivity contribution in [2.24, 2.45) is 5.92 Å². The first-order valence-corrected chi connectivity index (χ1v) is 6.72. The number of nitrogens with two attached hydrogens (primary N) is 1. The second-order valence-electron chi connectivity index (χ2n) is 5.56. The van der Waals surface area contributed by atoms with Gasteiger partial charge in [-0.1, -0.05) is 13.8 Å². The van der Waals surface area contributed by atoms with Gasteiger partial charge in [-0.05, 0) is 37.5 Å². The number of rotatable bonds is 4. The molecule has 0 aliphatic heterocycles. The predicted octanol–water partition coefficient (Wildman–Crippen LogP) is 3.08. The van der Waals surface area contributed by atoms with Crippen LogP contribution in [0.5, 0.6) is 0 Å². The third-order valence-electron chi connectivity index (χ3n) is 3.45. The maximum absolute atomic E-state index is 5.80. The number of anilines is 2. The van der Waals surface area contributed by atoms with Gasteiger partial charge in [0.25, 0.3) is 0 Å². The molecule has 0 bridgehead atoms. The molecule has 0 amide bonds. The fourth-order valence-electron chi connectivity index (χ4n) is 2.39. The summed E-state index contributed by atoms with van der Waals surface area (Å²) in [5.74, 6) is 1.64. The van der Waals surface area contributed by atoms with E-state index in [9.17, 15) is 0 Å². The molecule has 2 N–H and O–H groups in total. The van der Waals surface area contributed by atoms with Gasteiger partial charge in [-0.2, -0.15) is 0 Å². The molecule has 0 saturated heterocycles. The zero-order valence-electron chi connectivity index (χ0n) is 12.1. The van der Waals surface area contributed by atoms with E-state index in [1.165, 1.54) is 0 Å². The third kappa shape index (κ3) is 2.95. The van der Waals surface area contributed by atoms with E-state index in [2.05, 4.69) is 42.7 Å². The van der Waals surface area contributed by atoms with Gasteiger partial charge in [-0.25, -0.2) is 9.97 Å². The van der Waals surface area contributed by atoms with Crippen molar-refractivity contribution in [3.63, 3.8) is 0 Å². The topological polar surface area (TPSA) is 55.0 Å². The van der Waals surface area contributed by atoms with Crippen molar-refractivity contribution in [1.29, 1.82) is 0 Å². The smallest absolute Gasteiger partial charge is 0.139 e. The molecule has 2 rings (SSSR count). The Morgan fingerprint density at radius 1 is 1.21 bits per heavy atom. The molecular formula is C15H22N4. The molecule has 0 aliphatic carbocycles. The second kappa shape index (κ2) is 5.43. The van der Waals surface area contributed by atoms with Gasteiger partial charge in [0.2, 0.25) is 0 Å². The first-order chi connectivity index (χ1) is 8.99. The summed E-state index contributed by atoms with van der Waals surface area (Å²) in [6.45, 7) is 6.71. The summed E-state index contributed by atoms with van der Waals surface area (Å²) in [6.07, 6.45) is 2.74. The van der Waals surface area contributed by atoms with E-state index in [1.54, 1.807) is 6.33 Å². The predicted molar refractivity (Wildman–Crippen MR) is 81.3 cm³/mol. The lowest BCUT2D eigenvalue weighted by Crippen LogP contribution is -2.31. The molecule has 1 aromatic carbocycles. The maximum atomic E-state index is 5.80. The second-order valence-corrected chi connectivity index (χ2v) is 5.56. The number of hydrogen-bond donors (Lipinski definition) is 1. The molecule has 1 aromatic heterocycles. The monoisotopic (exact) mass is 258 g/mol. The molecule has 0 spiro atoms. The Balaban J connectivity index is 2.39. The van der Waals surface area contributed by atoms with Gasteiger partial charge >= 0.3 is 0 Å². The number of aromatic nitrogens is 2. The summed E-state index contributed by atoms with van der Waals surface area (Å²) in [5.41, 5.74) is 7.43. The molecule has 0 saturated carbocycles. The fraction of sp³-hybridized carbons (Fsp3) is 0.467. The molecular weight excluding hydrogens is 236 g/mol. The largest absolute Gasteiger partial charge is 0.399 e.